The van der Waals surface area contributed by atoms with E-state index in [2.05, 4.69) is 17.0 Å². The predicted octanol–water partition coefficient (Wildman–Crippen LogP) is 4.01. The minimum absolute atomic E-state index is 0.0670. The number of carbonyl (C=O) groups is 2. The third-order valence-corrected chi connectivity index (χ3v) is 9.11. The van der Waals surface area contributed by atoms with E-state index in [1.807, 2.05) is 61.5 Å². The Morgan fingerprint density at radius 2 is 1.77 bits per heavy atom. The second-order valence-electron chi connectivity index (χ2n) is 10.6. The predicted molar refractivity (Wildman–Crippen MR) is 169 cm³/mol. The molecule has 10 nitrogen and oxygen atoms in total. The standard InChI is InChI=1S/C33H35N7O3S/c1-2-25-26(19-34)32(38-33(27(25)20-35)44-30(31(37)42)24-6-4-3-5-7-24)40-16-14-23(15-17-40)28(36)18-22-10-8-21(9-11-22)12-13-29(41)39-43/h3-13,23,28,30,43H,2,14-18,36H2,1H3,(H2,37,42)(H,39,41). The fraction of sp³-hybridized carbons (Fsp3) is 0.303. The molecule has 2 unspecified atom stereocenters. The van der Waals surface area contributed by atoms with Crippen molar-refractivity contribution in [3.8, 4) is 12.1 Å². The number of aromatic nitrogens is 1. The number of piperidine rings is 1. The Bertz CT molecular complexity index is 1590. The van der Waals surface area contributed by atoms with Gasteiger partial charge in [0.25, 0.3) is 5.91 Å². The van der Waals surface area contributed by atoms with Crippen LogP contribution in [0.4, 0.5) is 5.82 Å². The number of carbonyl (C=O) groups excluding carboxylic acids is 2. The summed E-state index contributed by atoms with van der Waals surface area (Å²) < 4.78 is 0. The van der Waals surface area contributed by atoms with Gasteiger partial charge in [0.05, 0.1) is 11.1 Å². The largest absolute Gasteiger partial charge is 0.368 e. The Kier molecular flexibility index (Phi) is 11.1. The Hall–Kier alpha value is -4.68. The summed E-state index contributed by atoms with van der Waals surface area (Å²) in [5.74, 6) is -0.346. The third kappa shape index (κ3) is 7.63. The summed E-state index contributed by atoms with van der Waals surface area (Å²) in [5.41, 5.74) is 17.9. The van der Waals surface area contributed by atoms with Crippen LogP contribution in [0.2, 0.25) is 0 Å². The second-order valence-corrected chi connectivity index (χ2v) is 11.7. The lowest BCUT2D eigenvalue weighted by Crippen LogP contribution is -2.42. The number of thioether (sulfide) groups is 1. The van der Waals surface area contributed by atoms with E-state index in [-0.39, 0.29) is 12.0 Å². The topological polar surface area (TPSA) is 182 Å². The number of amides is 2. The van der Waals surface area contributed by atoms with E-state index in [4.69, 9.17) is 21.7 Å². The summed E-state index contributed by atoms with van der Waals surface area (Å²) in [4.78, 5) is 30.6. The lowest BCUT2D eigenvalue weighted by atomic mass is 9.86. The molecule has 1 saturated heterocycles. The van der Waals surface area contributed by atoms with E-state index in [0.717, 1.165) is 41.3 Å². The molecule has 1 aliphatic rings. The number of hydrogen-bond acceptors (Lipinski definition) is 9. The maximum Gasteiger partial charge on any atom is 0.267 e. The molecule has 0 aliphatic carbocycles. The maximum absolute atomic E-state index is 12.5. The first-order valence-electron chi connectivity index (χ1n) is 14.4. The molecule has 0 spiro atoms. The molecule has 4 rings (SSSR count). The smallest absolute Gasteiger partial charge is 0.267 e. The van der Waals surface area contributed by atoms with Gasteiger partial charge in [-0.15, -0.1) is 0 Å². The molecule has 2 aromatic carbocycles. The van der Waals surface area contributed by atoms with Crippen LogP contribution in [0.3, 0.4) is 0 Å². The highest BCUT2D eigenvalue weighted by Crippen LogP contribution is 2.40. The Balaban J connectivity index is 1.51. The van der Waals surface area contributed by atoms with Gasteiger partial charge in [-0.05, 0) is 59.9 Å². The molecule has 6 N–H and O–H groups in total. The van der Waals surface area contributed by atoms with Crippen LogP contribution in [0.5, 0.6) is 0 Å². The lowest BCUT2D eigenvalue weighted by molar-refractivity contribution is -0.124. The molecule has 0 bridgehead atoms. The third-order valence-electron chi connectivity index (χ3n) is 7.85. The van der Waals surface area contributed by atoms with E-state index >= 15 is 0 Å². The van der Waals surface area contributed by atoms with Gasteiger partial charge in [0.1, 0.15) is 28.2 Å². The zero-order valence-electron chi connectivity index (χ0n) is 24.4. The first-order chi connectivity index (χ1) is 21.3. The number of benzene rings is 2. The minimum atomic E-state index is -0.741. The van der Waals surface area contributed by atoms with Gasteiger partial charge < -0.3 is 16.4 Å². The fourth-order valence-corrected chi connectivity index (χ4v) is 6.54. The molecular weight excluding hydrogens is 574 g/mol. The zero-order chi connectivity index (χ0) is 31.6. The summed E-state index contributed by atoms with van der Waals surface area (Å²) >= 11 is 1.14. The van der Waals surface area contributed by atoms with Crippen LogP contribution >= 0.6 is 11.8 Å². The SMILES string of the molecule is CCc1c(C#N)c(SC(C(N)=O)c2ccccc2)nc(N2CCC(C(N)Cc3ccc(C=CC(=O)NO)cc3)CC2)c1C#N. The quantitative estimate of drug-likeness (QED) is 0.108. The van der Waals surface area contributed by atoms with Crippen molar-refractivity contribution in [1.82, 2.24) is 10.5 Å². The van der Waals surface area contributed by atoms with Crippen LogP contribution in [0, 0.1) is 28.6 Å². The lowest BCUT2D eigenvalue weighted by Gasteiger charge is -2.36. The van der Waals surface area contributed by atoms with Crippen molar-refractivity contribution in [1.29, 1.82) is 10.5 Å². The van der Waals surface area contributed by atoms with E-state index in [1.54, 1.807) is 11.6 Å². The fourth-order valence-electron chi connectivity index (χ4n) is 5.48. The normalized spacial score (nSPS) is 14.9. The van der Waals surface area contributed by atoms with Crippen molar-refractivity contribution in [3.05, 3.63) is 94.1 Å². The molecule has 0 radical (unpaired) electrons. The second kappa shape index (κ2) is 15.2. The first-order valence-corrected chi connectivity index (χ1v) is 15.3. The van der Waals surface area contributed by atoms with Crippen molar-refractivity contribution >= 4 is 35.5 Å². The molecule has 3 aromatic rings. The van der Waals surface area contributed by atoms with Gasteiger partial charge in [-0.25, -0.2) is 10.5 Å². The van der Waals surface area contributed by atoms with Crippen molar-refractivity contribution in [2.75, 3.05) is 18.0 Å². The van der Waals surface area contributed by atoms with Gasteiger partial charge in [0.2, 0.25) is 5.91 Å². The van der Waals surface area contributed by atoms with Gasteiger partial charge in [-0.1, -0.05) is 73.3 Å². The molecule has 0 saturated carbocycles. The van der Waals surface area contributed by atoms with Crippen LogP contribution in [0.1, 0.15) is 58.4 Å². The highest BCUT2D eigenvalue weighted by molar-refractivity contribution is 8.00. The van der Waals surface area contributed by atoms with Crippen LogP contribution in [0.25, 0.3) is 6.08 Å². The summed E-state index contributed by atoms with van der Waals surface area (Å²) in [6.45, 7) is 3.19. The zero-order valence-corrected chi connectivity index (χ0v) is 25.3. The van der Waals surface area contributed by atoms with Crippen LogP contribution in [-0.4, -0.2) is 41.1 Å². The highest BCUT2D eigenvalue weighted by atomic mass is 32.2. The molecule has 226 valence electrons. The number of nitrogens with zero attached hydrogens (tertiary/aromatic N) is 4. The molecule has 1 aromatic heterocycles. The molecule has 2 heterocycles. The molecule has 44 heavy (non-hydrogen) atoms. The van der Waals surface area contributed by atoms with Crippen molar-refractivity contribution < 1.29 is 14.8 Å². The first kappa shape index (κ1) is 32.2. The van der Waals surface area contributed by atoms with Crippen molar-refractivity contribution in [3.63, 3.8) is 0 Å². The van der Waals surface area contributed by atoms with Crippen LogP contribution < -0.4 is 21.8 Å². The number of nitriles is 2. The molecule has 11 heteroatoms. The van der Waals surface area contributed by atoms with E-state index < -0.39 is 17.1 Å². The monoisotopic (exact) mass is 609 g/mol. The molecular formula is C33H35N7O3S. The number of nitrogens with two attached hydrogens (primary N) is 2. The van der Waals surface area contributed by atoms with Gasteiger partial charge >= 0.3 is 0 Å². The van der Waals surface area contributed by atoms with Gasteiger partial charge in [-0.3, -0.25) is 14.8 Å². The number of pyridine rings is 1. The van der Waals surface area contributed by atoms with Crippen molar-refractivity contribution in [2.24, 2.45) is 17.4 Å². The molecule has 1 fully saturated rings. The Morgan fingerprint density at radius 1 is 1.11 bits per heavy atom. The van der Waals surface area contributed by atoms with E-state index in [0.29, 0.717) is 53.5 Å². The number of hydrogen-bond donors (Lipinski definition) is 4. The van der Waals surface area contributed by atoms with E-state index in [1.165, 1.54) is 6.08 Å². The maximum atomic E-state index is 12.5. The van der Waals surface area contributed by atoms with Crippen molar-refractivity contribution in [2.45, 2.75) is 48.9 Å². The average molecular weight is 610 g/mol. The number of nitrogens with one attached hydrogen (secondary N) is 1. The highest BCUT2D eigenvalue weighted by Gasteiger charge is 2.30. The van der Waals surface area contributed by atoms with Crippen LogP contribution in [-0.2, 0) is 22.4 Å². The minimum Gasteiger partial charge on any atom is -0.368 e. The summed E-state index contributed by atoms with van der Waals surface area (Å²) in [5, 5.41) is 28.5. The summed E-state index contributed by atoms with van der Waals surface area (Å²) in [6.07, 6.45) is 5.64. The number of anilines is 1. The van der Waals surface area contributed by atoms with Crippen LogP contribution in [0.15, 0.2) is 65.7 Å². The van der Waals surface area contributed by atoms with Gasteiger partial charge in [0, 0.05) is 25.2 Å². The Labute approximate surface area is 261 Å². The summed E-state index contributed by atoms with van der Waals surface area (Å²) in [6, 6.07) is 21.3. The average Bonchev–Trinajstić information content (AvgIpc) is 3.06. The molecule has 2 atom stereocenters. The molecule has 2 amide bonds. The summed E-state index contributed by atoms with van der Waals surface area (Å²) in [7, 11) is 0. The number of primary amides is 1. The van der Waals surface area contributed by atoms with E-state index in [9.17, 15) is 20.1 Å². The number of rotatable bonds is 11. The van der Waals surface area contributed by atoms with Gasteiger partial charge in [0.15, 0.2) is 0 Å². The number of hydroxylamine groups is 1. The van der Waals surface area contributed by atoms with Gasteiger partial charge in [-0.2, -0.15) is 10.5 Å². The Morgan fingerprint density at radius 3 is 2.34 bits per heavy atom. The molecule has 1 aliphatic heterocycles.